The lowest BCUT2D eigenvalue weighted by Gasteiger charge is -2.17. The minimum atomic E-state index is -1.41. The van der Waals surface area contributed by atoms with Gasteiger partial charge in [0, 0.05) is 5.56 Å². The number of carboxylic acids is 1. The van der Waals surface area contributed by atoms with Gasteiger partial charge in [-0.15, -0.1) is 0 Å². The van der Waals surface area contributed by atoms with Crippen molar-refractivity contribution in [3.8, 4) is 23.0 Å². The summed E-state index contributed by atoms with van der Waals surface area (Å²) in [5.41, 5.74) is -0.0200. The number of rotatable bonds is 5. The van der Waals surface area contributed by atoms with E-state index < -0.39 is 17.3 Å². The molecule has 0 saturated heterocycles. The van der Waals surface area contributed by atoms with Crippen molar-refractivity contribution in [2.45, 2.75) is 13.8 Å². The van der Waals surface area contributed by atoms with Gasteiger partial charge in [-0.05, 0) is 37.6 Å². The lowest BCUT2D eigenvalue weighted by Crippen LogP contribution is -2.14. The molecule has 132 valence electrons. The van der Waals surface area contributed by atoms with E-state index in [0.717, 1.165) is 6.07 Å². The molecule has 0 fully saturated rings. The lowest BCUT2D eigenvalue weighted by atomic mass is 9.93. The minimum absolute atomic E-state index is 0.0792. The van der Waals surface area contributed by atoms with Crippen molar-refractivity contribution < 1.29 is 34.4 Å². The fourth-order valence-electron chi connectivity index (χ4n) is 2.64. The molecule has 2 aromatic rings. The number of methoxy groups -OCH3 is 2. The van der Waals surface area contributed by atoms with Crippen LogP contribution < -0.4 is 9.47 Å². The normalized spacial score (nSPS) is 10.4. The van der Waals surface area contributed by atoms with Gasteiger partial charge in [0.1, 0.15) is 28.6 Å². The maximum absolute atomic E-state index is 13.1. The second kappa shape index (κ2) is 6.72. The van der Waals surface area contributed by atoms with Crippen LogP contribution in [0, 0.1) is 13.8 Å². The number of carboxylic acid groups (broad SMARTS) is 1. The molecule has 3 N–H and O–H groups in total. The predicted molar refractivity (Wildman–Crippen MR) is 89.2 cm³/mol. The number of carbonyl (C=O) groups excluding carboxylic acids is 1. The van der Waals surface area contributed by atoms with E-state index in [1.165, 1.54) is 27.2 Å². The molecule has 0 bridgehead atoms. The van der Waals surface area contributed by atoms with Gasteiger partial charge in [-0.3, -0.25) is 4.79 Å². The van der Waals surface area contributed by atoms with Crippen LogP contribution in [0.1, 0.15) is 37.4 Å². The number of ketones is 1. The van der Waals surface area contributed by atoms with Crippen molar-refractivity contribution in [1.29, 1.82) is 0 Å². The predicted octanol–water partition coefficient (Wildman–Crippen LogP) is 2.66. The van der Waals surface area contributed by atoms with Gasteiger partial charge in [0.25, 0.3) is 0 Å². The first kappa shape index (κ1) is 18.1. The Morgan fingerprint density at radius 1 is 0.920 bits per heavy atom. The Morgan fingerprint density at radius 3 is 2.08 bits per heavy atom. The molecule has 2 aromatic carbocycles. The molecule has 0 spiro atoms. The Bertz CT molecular complexity index is 868. The number of aromatic hydroxyl groups is 2. The molecule has 2 rings (SSSR count). The van der Waals surface area contributed by atoms with Crippen molar-refractivity contribution in [2.24, 2.45) is 0 Å². The zero-order chi connectivity index (χ0) is 18.9. The van der Waals surface area contributed by atoms with E-state index in [9.17, 15) is 24.9 Å². The van der Waals surface area contributed by atoms with Crippen LogP contribution in [0.15, 0.2) is 18.2 Å². The van der Waals surface area contributed by atoms with E-state index in [1.54, 1.807) is 13.0 Å². The Morgan fingerprint density at radius 2 is 1.56 bits per heavy atom. The Kier molecular flexibility index (Phi) is 4.87. The fourth-order valence-corrected chi connectivity index (χ4v) is 2.64. The summed E-state index contributed by atoms with van der Waals surface area (Å²) in [6, 6.07) is 3.90. The molecular weight excluding hydrogens is 328 g/mol. The molecular formula is C18H18O7. The zero-order valence-electron chi connectivity index (χ0n) is 14.2. The summed E-state index contributed by atoms with van der Waals surface area (Å²) in [6.07, 6.45) is 0. The number of carbonyl (C=O) groups is 2. The third-order valence-electron chi connectivity index (χ3n) is 3.84. The van der Waals surface area contributed by atoms with E-state index in [1.807, 2.05) is 0 Å². The number of ether oxygens (including phenoxy) is 2. The first-order valence-electron chi connectivity index (χ1n) is 7.29. The smallest absolute Gasteiger partial charge is 0.336 e. The van der Waals surface area contributed by atoms with Gasteiger partial charge >= 0.3 is 5.97 Å². The lowest BCUT2D eigenvalue weighted by molar-refractivity contribution is 0.0691. The molecule has 0 amide bonds. The number of phenols is 2. The molecule has 7 nitrogen and oxygen atoms in total. The van der Waals surface area contributed by atoms with Gasteiger partial charge in [-0.25, -0.2) is 4.79 Å². The van der Waals surface area contributed by atoms with Crippen LogP contribution in [-0.4, -0.2) is 41.3 Å². The first-order chi connectivity index (χ1) is 11.7. The summed E-state index contributed by atoms with van der Waals surface area (Å²) in [5, 5.41) is 29.5. The van der Waals surface area contributed by atoms with Crippen molar-refractivity contribution in [2.75, 3.05) is 14.2 Å². The molecule has 0 aromatic heterocycles. The first-order valence-corrected chi connectivity index (χ1v) is 7.29. The summed E-state index contributed by atoms with van der Waals surface area (Å²) >= 11 is 0. The third kappa shape index (κ3) is 3.08. The minimum Gasteiger partial charge on any atom is -0.508 e. The summed E-state index contributed by atoms with van der Waals surface area (Å²) in [4.78, 5) is 24.6. The Balaban J connectivity index is 2.85. The van der Waals surface area contributed by atoms with Gasteiger partial charge in [0.2, 0.25) is 5.78 Å². The SMILES string of the molecule is COc1cc(C)cc(O)c1C(=O)c1c(C(=O)O)cc(O)c(C)c1OC. The number of hydrogen-bond acceptors (Lipinski definition) is 6. The van der Waals surface area contributed by atoms with Crippen molar-refractivity contribution in [1.82, 2.24) is 0 Å². The summed E-state index contributed by atoms with van der Waals surface area (Å²) in [7, 11) is 2.60. The molecule has 0 atom stereocenters. The Hall–Kier alpha value is -3.22. The summed E-state index contributed by atoms with van der Waals surface area (Å²) < 4.78 is 10.3. The van der Waals surface area contributed by atoms with Gasteiger partial charge in [0.15, 0.2) is 0 Å². The highest BCUT2D eigenvalue weighted by Crippen LogP contribution is 2.39. The summed E-state index contributed by atoms with van der Waals surface area (Å²) in [6.45, 7) is 3.20. The highest BCUT2D eigenvalue weighted by atomic mass is 16.5. The van der Waals surface area contributed by atoms with Crippen molar-refractivity contribution in [3.05, 3.63) is 46.0 Å². The molecule has 0 aliphatic rings. The van der Waals surface area contributed by atoms with Crippen molar-refractivity contribution in [3.63, 3.8) is 0 Å². The van der Waals surface area contributed by atoms with E-state index in [4.69, 9.17) is 9.47 Å². The standard InChI is InChI=1S/C18H18O7/c1-8-5-12(20)15(13(6-8)24-3)16(21)14-10(18(22)23)7-11(19)9(2)17(14)25-4/h5-7,19-20H,1-4H3,(H,22,23). The van der Waals surface area contributed by atoms with Crippen LogP contribution in [0.3, 0.4) is 0 Å². The molecule has 7 heteroatoms. The van der Waals surface area contributed by atoms with Crippen molar-refractivity contribution >= 4 is 11.8 Å². The quantitative estimate of drug-likeness (QED) is 0.713. The third-order valence-corrected chi connectivity index (χ3v) is 3.84. The molecule has 25 heavy (non-hydrogen) atoms. The topological polar surface area (TPSA) is 113 Å². The van der Waals surface area contributed by atoms with Gasteiger partial charge in [-0.1, -0.05) is 0 Å². The van der Waals surface area contributed by atoms with Crippen LogP contribution in [0.2, 0.25) is 0 Å². The number of aryl methyl sites for hydroxylation is 1. The molecule has 0 saturated carbocycles. The fraction of sp³-hybridized carbons (Fsp3) is 0.222. The number of phenolic OH excluding ortho intramolecular Hbond substituents is 2. The number of benzene rings is 2. The van der Waals surface area contributed by atoms with Crippen LogP contribution in [-0.2, 0) is 0 Å². The monoisotopic (exact) mass is 346 g/mol. The number of aromatic carboxylic acids is 1. The molecule has 0 heterocycles. The highest BCUT2D eigenvalue weighted by Gasteiger charge is 2.30. The molecule has 0 radical (unpaired) electrons. The number of hydrogen-bond donors (Lipinski definition) is 3. The van der Waals surface area contributed by atoms with Gasteiger partial charge in [-0.2, -0.15) is 0 Å². The van der Waals surface area contributed by atoms with Gasteiger partial charge < -0.3 is 24.8 Å². The average molecular weight is 346 g/mol. The van der Waals surface area contributed by atoms with Gasteiger partial charge in [0.05, 0.1) is 25.3 Å². The Labute approximate surface area is 144 Å². The molecule has 0 aliphatic carbocycles. The second-order valence-corrected chi connectivity index (χ2v) is 5.47. The van der Waals surface area contributed by atoms with Crippen LogP contribution in [0.25, 0.3) is 0 Å². The molecule has 0 unspecified atom stereocenters. The van der Waals surface area contributed by atoms with Crippen LogP contribution >= 0.6 is 0 Å². The van der Waals surface area contributed by atoms with Crippen LogP contribution in [0.4, 0.5) is 0 Å². The largest absolute Gasteiger partial charge is 0.508 e. The van der Waals surface area contributed by atoms with E-state index in [2.05, 4.69) is 0 Å². The zero-order valence-corrected chi connectivity index (χ0v) is 14.2. The van der Waals surface area contributed by atoms with E-state index in [0.29, 0.717) is 5.56 Å². The summed E-state index contributed by atoms with van der Waals surface area (Å²) in [5.74, 6) is -2.83. The van der Waals surface area contributed by atoms with E-state index in [-0.39, 0.29) is 39.7 Å². The van der Waals surface area contributed by atoms with E-state index >= 15 is 0 Å². The second-order valence-electron chi connectivity index (χ2n) is 5.47. The van der Waals surface area contributed by atoms with Crippen LogP contribution in [0.5, 0.6) is 23.0 Å². The maximum atomic E-state index is 13.1. The maximum Gasteiger partial charge on any atom is 0.336 e. The highest BCUT2D eigenvalue weighted by molar-refractivity contribution is 6.18. The molecule has 0 aliphatic heterocycles. The average Bonchev–Trinajstić information content (AvgIpc) is 2.55.